The maximum absolute atomic E-state index is 11.3. The quantitative estimate of drug-likeness (QED) is 0.723. The summed E-state index contributed by atoms with van der Waals surface area (Å²) in [4.78, 5) is 15.5. The molecule has 1 aromatic rings. The van der Waals surface area contributed by atoms with Gasteiger partial charge < -0.3 is 15.4 Å². The summed E-state index contributed by atoms with van der Waals surface area (Å²) in [5, 5.41) is 6.01. The number of nitrogens with zero attached hydrogens (tertiary/aromatic N) is 1. The van der Waals surface area contributed by atoms with Gasteiger partial charge in [0, 0.05) is 19.0 Å². The fourth-order valence-corrected chi connectivity index (χ4v) is 1.47. The van der Waals surface area contributed by atoms with Crippen LogP contribution in [0.2, 0.25) is 0 Å². The molecule has 1 amide bonds. The summed E-state index contributed by atoms with van der Waals surface area (Å²) in [7, 11) is 1.61. The van der Waals surface area contributed by atoms with Crippen molar-refractivity contribution in [3.8, 4) is 5.75 Å². The van der Waals surface area contributed by atoms with Crippen molar-refractivity contribution in [2.24, 2.45) is 5.92 Å². The highest BCUT2D eigenvalue weighted by atomic mass is 16.5. The first-order chi connectivity index (χ1) is 8.29. The van der Waals surface area contributed by atoms with Crippen molar-refractivity contribution in [1.82, 2.24) is 10.3 Å². The van der Waals surface area contributed by atoms with Gasteiger partial charge in [0.1, 0.15) is 11.6 Å². The van der Waals surface area contributed by atoms with Gasteiger partial charge in [0.25, 0.3) is 0 Å². The van der Waals surface area contributed by atoms with E-state index >= 15 is 0 Å². The van der Waals surface area contributed by atoms with Gasteiger partial charge in [0.05, 0.1) is 13.3 Å². The number of rotatable bonds is 6. The van der Waals surface area contributed by atoms with E-state index in [-0.39, 0.29) is 11.8 Å². The largest absolute Gasteiger partial charge is 0.495 e. The highest BCUT2D eigenvalue weighted by molar-refractivity contribution is 5.80. The second-order valence-corrected chi connectivity index (χ2v) is 4.08. The van der Waals surface area contributed by atoms with Crippen LogP contribution in [-0.4, -0.2) is 31.1 Å². The van der Waals surface area contributed by atoms with Crippen LogP contribution >= 0.6 is 0 Å². The molecular formula is C12H17N3O2. The van der Waals surface area contributed by atoms with Gasteiger partial charge in [-0.3, -0.25) is 4.79 Å². The molecule has 2 N–H and O–H groups in total. The lowest BCUT2D eigenvalue weighted by molar-refractivity contribution is -0.122. The number of hydrogen-bond acceptors (Lipinski definition) is 4. The molecule has 2 rings (SSSR count). The second kappa shape index (κ2) is 5.52. The molecule has 1 aliphatic carbocycles. The molecule has 0 bridgehead atoms. The summed E-state index contributed by atoms with van der Waals surface area (Å²) in [5.41, 5.74) is 0. The monoisotopic (exact) mass is 235 g/mol. The van der Waals surface area contributed by atoms with Crippen molar-refractivity contribution >= 4 is 11.7 Å². The highest BCUT2D eigenvalue weighted by Gasteiger charge is 2.28. The summed E-state index contributed by atoms with van der Waals surface area (Å²) >= 11 is 0. The number of methoxy groups -OCH3 is 1. The molecule has 0 unspecified atom stereocenters. The first kappa shape index (κ1) is 11.7. The number of hydrogen-bond donors (Lipinski definition) is 2. The maximum atomic E-state index is 11.3. The Balaban J connectivity index is 1.65. The molecule has 1 saturated carbocycles. The first-order valence-electron chi connectivity index (χ1n) is 5.81. The lowest BCUT2D eigenvalue weighted by Gasteiger charge is -2.07. The molecular weight excluding hydrogens is 218 g/mol. The van der Waals surface area contributed by atoms with Gasteiger partial charge >= 0.3 is 0 Å². The van der Waals surface area contributed by atoms with Crippen molar-refractivity contribution in [2.45, 2.75) is 12.8 Å². The van der Waals surface area contributed by atoms with Crippen LogP contribution < -0.4 is 15.4 Å². The Hall–Kier alpha value is -1.78. The van der Waals surface area contributed by atoms with Gasteiger partial charge in [-0.1, -0.05) is 0 Å². The Kier molecular flexibility index (Phi) is 3.80. The second-order valence-electron chi connectivity index (χ2n) is 4.08. The normalized spacial score (nSPS) is 14.2. The number of anilines is 1. The van der Waals surface area contributed by atoms with Gasteiger partial charge in [-0.25, -0.2) is 4.98 Å². The summed E-state index contributed by atoms with van der Waals surface area (Å²) in [6.45, 7) is 1.31. The minimum atomic E-state index is 0.175. The van der Waals surface area contributed by atoms with Crippen molar-refractivity contribution in [3.63, 3.8) is 0 Å². The predicted octanol–water partition coefficient (Wildman–Crippen LogP) is 1.03. The number of pyridine rings is 1. The number of amides is 1. The number of ether oxygens (including phenoxy) is 1. The summed E-state index contributed by atoms with van der Waals surface area (Å²) in [5.74, 6) is 1.97. The average Bonchev–Trinajstić information content (AvgIpc) is 3.19. The Morgan fingerprint density at radius 2 is 2.29 bits per heavy atom. The zero-order valence-corrected chi connectivity index (χ0v) is 9.90. The van der Waals surface area contributed by atoms with Crippen LogP contribution in [0.5, 0.6) is 5.75 Å². The first-order valence-corrected chi connectivity index (χ1v) is 5.81. The molecule has 92 valence electrons. The molecule has 0 aliphatic heterocycles. The van der Waals surface area contributed by atoms with Gasteiger partial charge in [0.2, 0.25) is 5.91 Å². The highest BCUT2D eigenvalue weighted by Crippen LogP contribution is 2.28. The van der Waals surface area contributed by atoms with Crippen molar-refractivity contribution < 1.29 is 9.53 Å². The van der Waals surface area contributed by atoms with E-state index in [2.05, 4.69) is 15.6 Å². The summed E-state index contributed by atoms with van der Waals surface area (Å²) in [6.07, 6.45) is 3.74. The minimum Gasteiger partial charge on any atom is -0.495 e. The molecule has 1 fully saturated rings. The molecule has 1 aliphatic rings. The van der Waals surface area contributed by atoms with Crippen LogP contribution in [-0.2, 0) is 4.79 Å². The molecule has 17 heavy (non-hydrogen) atoms. The lowest BCUT2D eigenvalue weighted by atomic mass is 10.4. The number of carbonyl (C=O) groups is 1. The van der Waals surface area contributed by atoms with E-state index in [4.69, 9.17) is 4.74 Å². The van der Waals surface area contributed by atoms with Gasteiger partial charge in [-0.15, -0.1) is 0 Å². The van der Waals surface area contributed by atoms with Crippen LogP contribution in [0.1, 0.15) is 12.8 Å². The summed E-state index contributed by atoms with van der Waals surface area (Å²) in [6, 6.07) is 3.69. The SMILES string of the molecule is COc1ccc(NCCNC(=O)C2CC2)nc1. The average molecular weight is 235 g/mol. The van der Waals surface area contributed by atoms with Crippen LogP contribution in [0, 0.1) is 5.92 Å². The molecule has 0 atom stereocenters. The standard InChI is InChI=1S/C12H17N3O2/c1-17-10-4-5-11(15-8-10)13-6-7-14-12(16)9-2-3-9/h4-5,8-9H,2-3,6-7H2,1H3,(H,13,15)(H,14,16). The third kappa shape index (κ3) is 3.62. The van der Waals surface area contributed by atoms with Gasteiger partial charge in [-0.2, -0.15) is 0 Å². The fourth-order valence-electron chi connectivity index (χ4n) is 1.47. The van der Waals surface area contributed by atoms with Crippen molar-refractivity contribution in [3.05, 3.63) is 18.3 Å². The number of nitrogens with one attached hydrogen (secondary N) is 2. The Bertz CT molecular complexity index is 374. The van der Waals surface area contributed by atoms with E-state index in [1.807, 2.05) is 12.1 Å². The number of carbonyl (C=O) groups excluding carboxylic acids is 1. The van der Waals surface area contributed by atoms with Crippen LogP contribution in [0.15, 0.2) is 18.3 Å². The Morgan fingerprint density at radius 3 is 2.88 bits per heavy atom. The Labute approximate surface area is 101 Å². The predicted molar refractivity (Wildman–Crippen MR) is 65.0 cm³/mol. The van der Waals surface area contributed by atoms with E-state index in [0.717, 1.165) is 24.4 Å². The lowest BCUT2D eigenvalue weighted by Crippen LogP contribution is -2.29. The van der Waals surface area contributed by atoms with Gasteiger partial charge in [0.15, 0.2) is 0 Å². The Morgan fingerprint density at radius 1 is 1.47 bits per heavy atom. The van der Waals surface area contributed by atoms with E-state index in [1.54, 1.807) is 13.3 Å². The molecule has 1 heterocycles. The smallest absolute Gasteiger partial charge is 0.223 e. The van der Waals surface area contributed by atoms with Crippen LogP contribution in [0.25, 0.3) is 0 Å². The molecule has 1 aromatic heterocycles. The van der Waals surface area contributed by atoms with Crippen LogP contribution in [0.4, 0.5) is 5.82 Å². The molecule has 0 saturated heterocycles. The maximum Gasteiger partial charge on any atom is 0.223 e. The third-order valence-corrected chi connectivity index (χ3v) is 2.65. The number of aromatic nitrogens is 1. The van der Waals surface area contributed by atoms with E-state index < -0.39 is 0 Å². The molecule has 5 heteroatoms. The molecule has 0 aromatic carbocycles. The molecule has 5 nitrogen and oxygen atoms in total. The van der Waals surface area contributed by atoms with E-state index in [9.17, 15) is 4.79 Å². The van der Waals surface area contributed by atoms with Gasteiger partial charge in [-0.05, 0) is 25.0 Å². The van der Waals surface area contributed by atoms with Crippen LogP contribution in [0.3, 0.4) is 0 Å². The topological polar surface area (TPSA) is 63.2 Å². The fraction of sp³-hybridized carbons (Fsp3) is 0.500. The van der Waals surface area contributed by atoms with E-state index in [1.165, 1.54) is 0 Å². The minimum absolute atomic E-state index is 0.175. The molecule has 0 radical (unpaired) electrons. The zero-order valence-electron chi connectivity index (χ0n) is 9.90. The van der Waals surface area contributed by atoms with E-state index in [0.29, 0.717) is 13.1 Å². The zero-order chi connectivity index (χ0) is 12.1. The van der Waals surface area contributed by atoms with Crippen molar-refractivity contribution in [1.29, 1.82) is 0 Å². The summed E-state index contributed by atoms with van der Waals surface area (Å²) < 4.78 is 5.01. The third-order valence-electron chi connectivity index (χ3n) is 2.65. The molecule has 0 spiro atoms. The van der Waals surface area contributed by atoms with Crippen molar-refractivity contribution in [2.75, 3.05) is 25.5 Å².